The fourth-order valence-corrected chi connectivity index (χ4v) is 5.76. The number of rotatable bonds is 4. The third kappa shape index (κ3) is 3.96. The van der Waals surface area contributed by atoms with Crippen molar-refractivity contribution in [3.63, 3.8) is 0 Å². The molecule has 8 heteroatoms. The van der Waals surface area contributed by atoms with Gasteiger partial charge in [-0.25, -0.2) is 4.98 Å². The zero-order valence-electron chi connectivity index (χ0n) is 17.5. The minimum absolute atomic E-state index is 0.00889. The highest BCUT2D eigenvalue weighted by molar-refractivity contribution is 7.99. The van der Waals surface area contributed by atoms with Crippen molar-refractivity contribution in [3.05, 3.63) is 36.2 Å². The number of nitrogens with zero attached hydrogens (tertiary/aromatic N) is 4. The number of amides is 1. The van der Waals surface area contributed by atoms with Gasteiger partial charge in [0.25, 0.3) is 0 Å². The molecule has 0 saturated carbocycles. The van der Waals surface area contributed by atoms with Crippen LogP contribution in [0.4, 0.5) is 5.82 Å². The van der Waals surface area contributed by atoms with Crippen molar-refractivity contribution < 1.29 is 4.79 Å². The highest BCUT2D eigenvalue weighted by Crippen LogP contribution is 2.30. The molecule has 3 saturated heterocycles. The molecule has 30 heavy (non-hydrogen) atoms. The number of hydrogen-bond acceptors (Lipinski definition) is 6. The van der Waals surface area contributed by atoms with E-state index in [2.05, 4.69) is 44.4 Å². The van der Waals surface area contributed by atoms with E-state index in [1.54, 1.807) is 0 Å². The molecular weight excluding hydrogens is 396 g/mol. The average molecular weight is 427 g/mol. The molecule has 0 radical (unpaired) electrons. The quantitative estimate of drug-likeness (QED) is 0.777. The van der Waals surface area contributed by atoms with Crippen LogP contribution in [0.1, 0.15) is 12.2 Å². The second-order valence-electron chi connectivity index (χ2n) is 8.40. The summed E-state index contributed by atoms with van der Waals surface area (Å²) in [6, 6.07) is 10.9. The molecule has 160 valence electrons. The number of aromatic nitrogens is 2. The van der Waals surface area contributed by atoms with Crippen LogP contribution in [0, 0.1) is 6.92 Å². The Morgan fingerprint density at radius 2 is 1.93 bits per heavy atom. The summed E-state index contributed by atoms with van der Waals surface area (Å²) in [4.78, 5) is 27.9. The molecule has 4 heterocycles. The first-order valence-corrected chi connectivity index (χ1v) is 12.1. The second kappa shape index (κ2) is 8.61. The van der Waals surface area contributed by atoms with Gasteiger partial charge in [0.1, 0.15) is 5.82 Å². The van der Waals surface area contributed by atoms with Gasteiger partial charge in [0, 0.05) is 56.6 Å². The number of nitrogens with one attached hydrogen (secondary N) is 2. The van der Waals surface area contributed by atoms with E-state index in [0.717, 1.165) is 74.7 Å². The van der Waals surface area contributed by atoms with Crippen LogP contribution in [-0.2, 0) is 4.79 Å². The van der Waals surface area contributed by atoms with Crippen LogP contribution < -0.4 is 10.2 Å². The van der Waals surface area contributed by atoms with Crippen LogP contribution in [0.3, 0.4) is 0 Å². The van der Waals surface area contributed by atoms with Crippen LogP contribution in [0.25, 0.3) is 11.3 Å². The molecule has 1 aromatic carbocycles. The number of hydrogen-bond donors (Lipinski definition) is 2. The minimum Gasteiger partial charge on any atom is -0.352 e. The lowest BCUT2D eigenvalue weighted by molar-refractivity contribution is -0.131. The van der Waals surface area contributed by atoms with Crippen molar-refractivity contribution in [2.24, 2.45) is 0 Å². The summed E-state index contributed by atoms with van der Waals surface area (Å²) >= 11 is 1.85. The van der Waals surface area contributed by atoms with Crippen molar-refractivity contribution in [1.82, 2.24) is 25.1 Å². The van der Waals surface area contributed by atoms with Gasteiger partial charge in [-0.2, -0.15) is 0 Å². The number of thioether (sulfide) groups is 1. The van der Waals surface area contributed by atoms with Crippen molar-refractivity contribution in [2.75, 3.05) is 55.8 Å². The van der Waals surface area contributed by atoms with E-state index in [1.807, 2.05) is 29.7 Å². The van der Waals surface area contributed by atoms with E-state index in [-0.39, 0.29) is 6.04 Å². The number of aromatic amines is 1. The Hall–Kier alpha value is -2.03. The van der Waals surface area contributed by atoms with Crippen LogP contribution >= 0.6 is 11.8 Å². The number of carbonyl (C=O) groups excluding carboxylic acids is 1. The van der Waals surface area contributed by atoms with Gasteiger partial charge in [0.15, 0.2) is 5.82 Å². The molecule has 1 amide bonds. The molecule has 3 aliphatic heterocycles. The number of benzene rings is 1. The third-order valence-corrected chi connectivity index (χ3v) is 7.43. The Labute approximate surface area is 182 Å². The molecule has 2 N–H and O–H groups in total. The monoisotopic (exact) mass is 426 g/mol. The summed E-state index contributed by atoms with van der Waals surface area (Å²) in [5.41, 5.74) is 2.29. The van der Waals surface area contributed by atoms with Crippen molar-refractivity contribution in [2.45, 2.75) is 25.4 Å². The molecule has 0 spiro atoms. The van der Waals surface area contributed by atoms with Gasteiger partial charge < -0.3 is 20.1 Å². The maximum Gasteiger partial charge on any atom is 0.240 e. The standard InChI is InChI=1S/C22H30N6OS/c1-16-24-20(17-5-3-2-4-6-17)21(25-16)27-9-7-26(8-10-27)18-13-19(23-14-18)22(29)28-11-12-30-15-28/h2-6,18-19,23H,7-15H2,1H3,(H,24,25)/t18-,19-/m0/s1. The van der Waals surface area contributed by atoms with Crippen molar-refractivity contribution >= 4 is 23.5 Å². The van der Waals surface area contributed by atoms with E-state index in [9.17, 15) is 4.79 Å². The van der Waals surface area contributed by atoms with E-state index in [0.29, 0.717) is 11.9 Å². The number of aryl methyl sites for hydroxylation is 1. The Balaban J connectivity index is 1.20. The average Bonchev–Trinajstić information content (AvgIpc) is 3.55. The summed E-state index contributed by atoms with van der Waals surface area (Å²) in [5.74, 6) is 4.23. The Bertz CT molecular complexity index is 873. The predicted molar refractivity (Wildman–Crippen MR) is 122 cm³/mol. The first-order chi connectivity index (χ1) is 14.7. The maximum absolute atomic E-state index is 12.7. The fourth-order valence-electron chi connectivity index (χ4n) is 4.80. The minimum atomic E-state index is -0.00889. The molecule has 1 aromatic heterocycles. The van der Waals surface area contributed by atoms with Gasteiger partial charge in [-0.05, 0) is 13.3 Å². The second-order valence-corrected chi connectivity index (χ2v) is 9.47. The Kier molecular flexibility index (Phi) is 5.71. The highest BCUT2D eigenvalue weighted by atomic mass is 32.2. The molecule has 0 unspecified atom stereocenters. The summed E-state index contributed by atoms with van der Waals surface area (Å²) in [6.45, 7) is 7.77. The lowest BCUT2D eigenvalue weighted by atomic mass is 10.1. The SMILES string of the molecule is Cc1nc(N2CCN([C@@H]3CN[C@H](C(=O)N4CCSC4)C3)CC2)c(-c2ccccc2)[nH]1. The summed E-state index contributed by atoms with van der Waals surface area (Å²) < 4.78 is 0. The Morgan fingerprint density at radius 1 is 1.13 bits per heavy atom. The topological polar surface area (TPSA) is 67.5 Å². The Morgan fingerprint density at radius 3 is 2.67 bits per heavy atom. The smallest absolute Gasteiger partial charge is 0.240 e. The van der Waals surface area contributed by atoms with Gasteiger partial charge >= 0.3 is 0 Å². The lowest BCUT2D eigenvalue weighted by Gasteiger charge is -2.38. The number of carbonyl (C=O) groups is 1. The first kappa shape index (κ1) is 19.9. The van der Waals surface area contributed by atoms with Gasteiger partial charge in [0.05, 0.1) is 17.6 Å². The molecule has 3 aliphatic rings. The first-order valence-electron chi connectivity index (χ1n) is 10.9. The van der Waals surface area contributed by atoms with E-state index >= 15 is 0 Å². The van der Waals surface area contributed by atoms with Crippen LogP contribution in [0.2, 0.25) is 0 Å². The van der Waals surface area contributed by atoms with Crippen molar-refractivity contribution in [1.29, 1.82) is 0 Å². The number of H-pyrrole nitrogens is 1. The van der Waals surface area contributed by atoms with Crippen molar-refractivity contribution in [3.8, 4) is 11.3 Å². The van der Waals surface area contributed by atoms with Crippen LogP contribution in [0.15, 0.2) is 30.3 Å². The van der Waals surface area contributed by atoms with Gasteiger partial charge in [0.2, 0.25) is 5.91 Å². The zero-order chi connectivity index (χ0) is 20.5. The molecule has 7 nitrogen and oxygen atoms in total. The largest absolute Gasteiger partial charge is 0.352 e. The van der Waals surface area contributed by atoms with Gasteiger partial charge in [-0.15, -0.1) is 11.8 Å². The third-order valence-electron chi connectivity index (χ3n) is 6.47. The predicted octanol–water partition coefficient (Wildman–Crippen LogP) is 1.77. The van der Waals surface area contributed by atoms with Gasteiger partial charge in [-0.1, -0.05) is 30.3 Å². The number of piperazine rings is 1. The van der Waals surface area contributed by atoms with E-state index in [1.165, 1.54) is 5.56 Å². The molecular formula is C22H30N6OS. The van der Waals surface area contributed by atoms with E-state index in [4.69, 9.17) is 4.98 Å². The number of imidazole rings is 1. The van der Waals surface area contributed by atoms with Crippen LogP contribution in [0.5, 0.6) is 0 Å². The highest BCUT2D eigenvalue weighted by Gasteiger charge is 2.37. The molecule has 0 aliphatic carbocycles. The zero-order valence-corrected chi connectivity index (χ0v) is 18.3. The maximum atomic E-state index is 12.7. The molecule has 5 rings (SSSR count). The molecule has 2 atom stereocenters. The van der Waals surface area contributed by atoms with E-state index < -0.39 is 0 Å². The summed E-state index contributed by atoms with van der Waals surface area (Å²) in [5, 5.41) is 3.48. The molecule has 3 fully saturated rings. The molecule has 0 bridgehead atoms. The fraction of sp³-hybridized carbons (Fsp3) is 0.545. The van der Waals surface area contributed by atoms with Gasteiger partial charge in [-0.3, -0.25) is 9.69 Å². The normalized spacial score (nSPS) is 25.2. The summed E-state index contributed by atoms with van der Waals surface area (Å²) in [7, 11) is 0. The van der Waals surface area contributed by atoms with Crippen LogP contribution in [-0.4, -0.2) is 88.7 Å². The number of anilines is 1. The lowest BCUT2D eigenvalue weighted by Crippen LogP contribution is -2.51. The molecule has 2 aromatic rings. The summed E-state index contributed by atoms with van der Waals surface area (Å²) in [6.07, 6.45) is 0.927.